The van der Waals surface area contributed by atoms with E-state index in [0.29, 0.717) is 12.6 Å². The number of imide groups is 1. The van der Waals surface area contributed by atoms with E-state index in [1.54, 1.807) is 0 Å². The Morgan fingerprint density at radius 3 is 2.40 bits per heavy atom. The molecule has 2 aliphatic rings. The third kappa shape index (κ3) is 2.09. The number of likely N-dealkylation sites (N-methyl/N-ethyl adjacent to an activating group) is 1. The maximum absolute atomic E-state index is 11.3. The van der Waals surface area contributed by atoms with Gasteiger partial charge in [-0.3, -0.25) is 19.4 Å². The monoisotopic (exact) mass is 208 g/mol. The summed E-state index contributed by atoms with van der Waals surface area (Å²) in [6, 6.07) is 0.895. The molecule has 0 saturated heterocycles. The molecule has 2 rings (SSSR count). The first-order valence-corrected chi connectivity index (χ1v) is 5.35. The molecule has 1 aliphatic carbocycles. The normalized spacial score (nSPS) is 23.0. The summed E-state index contributed by atoms with van der Waals surface area (Å²) in [5.74, 6) is -0.368. The molecule has 15 heavy (non-hydrogen) atoms. The average molecular weight is 208 g/mol. The zero-order valence-electron chi connectivity index (χ0n) is 9.14. The summed E-state index contributed by atoms with van der Waals surface area (Å²) in [6.07, 6.45) is 5.15. The molecule has 4 nitrogen and oxygen atoms in total. The maximum Gasteiger partial charge on any atom is 0.253 e. The predicted molar refractivity (Wildman–Crippen MR) is 56.1 cm³/mol. The highest BCUT2D eigenvalue weighted by Crippen LogP contribution is 2.27. The Balaban J connectivity index is 1.90. The van der Waals surface area contributed by atoms with Gasteiger partial charge in [-0.2, -0.15) is 0 Å². The van der Waals surface area contributed by atoms with Crippen LogP contribution < -0.4 is 0 Å². The van der Waals surface area contributed by atoms with Crippen molar-refractivity contribution in [1.82, 2.24) is 9.80 Å². The van der Waals surface area contributed by atoms with Crippen LogP contribution in [0.2, 0.25) is 0 Å². The average Bonchev–Trinajstić information content (AvgIpc) is 3.00. The van der Waals surface area contributed by atoms with Gasteiger partial charge in [0, 0.05) is 30.8 Å². The molecular formula is C11H16N2O2. The molecule has 1 atom stereocenters. The number of hydrogen-bond acceptors (Lipinski definition) is 3. The molecule has 1 fully saturated rings. The van der Waals surface area contributed by atoms with Crippen molar-refractivity contribution in [3.63, 3.8) is 0 Å². The first kappa shape index (κ1) is 10.4. The molecule has 82 valence electrons. The summed E-state index contributed by atoms with van der Waals surface area (Å²) in [5, 5.41) is 0. The van der Waals surface area contributed by atoms with E-state index in [4.69, 9.17) is 0 Å². The second-order valence-electron chi connectivity index (χ2n) is 4.37. The lowest BCUT2D eigenvalue weighted by Gasteiger charge is -2.27. The molecule has 0 radical (unpaired) electrons. The molecule has 0 aromatic carbocycles. The molecule has 2 amide bonds. The van der Waals surface area contributed by atoms with Crippen LogP contribution in [-0.2, 0) is 9.59 Å². The number of rotatable bonds is 4. The third-order valence-corrected chi connectivity index (χ3v) is 3.17. The first-order valence-electron chi connectivity index (χ1n) is 5.35. The summed E-state index contributed by atoms with van der Waals surface area (Å²) in [5.41, 5.74) is 0. The Bertz CT molecular complexity index is 303. The van der Waals surface area contributed by atoms with E-state index in [0.717, 1.165) is 0 Å². The highest BCUT2D eigenvalue weighted by molar-refractivity contribution is 6.12. The smallest absolute Gasteiger partial charge is 0.253 e. The van der Waals surface area contributed by atoms with E-state index in [1.807, 2.05) is 0 Å². The van der Waals surface area contributed by atoms with E-state index < -0.39 is 0 Å². The Labute approximate surface area is 89.5 Å². The highest BCUT2D eigenvalue weighted by Gasteiger charge is 2.32. The van der Waals surface area contributed by atoms with Crippen LogP contribution in [0.15, 0.2) is 12.2 Å². The van der Waals surface area contributed by atoms with Gasteiger partial charge in [0.25, 0.3) is 11.8 Å². The van der Waals surface area contributed by atoms with Gasteiger partial charge < -0.3 is 0 Å². The minimum absolute atomic E-state index is 0.184. The zero-order chi connectivity index (χ0) is 11.0. The minimum Gasteiger partial charge on any atom is -0.299 e. The molecule has 1 heterocycles. The SMILES string of the molecule is CC(CN1C(=O)C=CC1=O)N(C)C1CC1. The fourth-order valence-corrected chi connectivity index (χ4v) is 1.85. The lowest BCUT2D eigenvalue weighted by Crippen LogP contribution is -2.43. The molecule has 1 unspecified atom stereocenters. The molecule has 1 saturated carbocycles. The van der Waals surface area contributed by atoms with Gasteiger partial charge in [0.05, 0.1) is 0 Å². The third-order valence-electron chi connectivity index (χ3n) is 3.17. The number of hydrogen-bond donors (Lipinski definition) is 0. The van der Waals surface area contributed by atoms with Crippen molar-refractivity contribution in [3.8, 4) is 0 Å². The molecule has 0 bridgehead atoms. The molecule has 0 aromatic rings. The number of amides is 2. The van der Waals surface area contributed by atoms with Gasteiger partial charge in [0.15, 0.2) is 0 Å². The lowest BCUT2D eigenvalue weighted by atomic mass is 10.2. The van der Waals surface area contributed by atoms with Crippen molar-refractivity contribution in [3.05, 3.63) is 12.2 Å². The van der Waals surface area contributed by atoms with Crippen molar-refractivity contribution < 1.29 is 9.59 Å². The van der Waals surface area contributed by atoms with Crippen molar-refractivity contribution in [2.24, 2.45) is 0 Å². The standard InChI is InChI=1S/C11H16N2O2/c1-8(12(2)9-3-4-9)7-13-10(14)5-6-11(13)15/h5-6,8-9H,3-4,7H2,1-2H3. The van der Waals surface area contributed by atoms with Crippen LogP contribution in [-0.4, -0.2) is 47.3 Å². The topological polar surface area (TPSA) is 40.6 Å². The first-order chi connectivity index (χ1) is 7.09. The minimum atomic E-state index is -0.184. The van der Waals surface area contributed by atoms with Crippen LogP contribution in [0.5, 0.6) is 0 Å². The molecule has 4 heteroatoms. The van der Waals surface area contributed by atoms with E-state index >= 15 is 0 Å². The molecule has 0 N–H and O–H groups in total. The van der Waals surface area contributed by atoms with Gasteiger partial charge in [-0.05, 0) is 26.8 Å². The predicted octanol–water partition coefficient (Wildman–Crippen LogP) is 0.394. The fraction of sp³-hybridized carbons (Fsp3) is 0.636. The Hall–Kier alpha value is -1.16. The Morgan fingerprint density at radius 2 is 1.93 bits per heavy atom. The van der Waals surface area contributed by atoms with Crippen LogP contribution in [0.4, 0.5) is 0 Å². The molecular weight excluding hydrogens is 192 g/mol. The van der Waals surface area contributed by atoms with Gasteiger partial charge in [0.2, 0.25) is 0 Å². The Kier molecular flexibility index (Phi) is 2.61. The summed E-state index contributed by atoms with van der Waals surface area (Å²) in [7, 11) is 2.06. The van der Waals surface area contributed by atoms with Gasteiger partial charge in [-0.1, -0.05) is 0 Å². The number of carbonyl (C=O) groups excluding carboxylic acids is 2. The quantitative estimate of drug-likeness (QED) is 0.628. The van der Waals surface area contributed by atoms with E-state index in [-0.39, 0.29) is 17.9 Å². The van der Waals surface area contributed by atoms with Crippen LogP contribution in [0.3, 0.4) is 0 Å². The number of nitrogens with zero attached hydrogens (tertiary/aromatic N) is 2. The van der Waals surface area contributed by atoms with Gasteiger partial charge in [-0.15, -0.1) is 0 Å². The van der Waals surface area contributed by atoms with E-state index in [9.17, 15) is 9.59 Å². The van der Waals surface area contributed by atoms with Crippen LogP contribution in [0.25, 0.3) is 0 Å². The fourth-order valence-electron chi connectivity index (χ4n) is 1.85. The van der Waals surface area contributed by atoms with Gasteiger partial charge in [-0.25, -0.2) is 0 Å². The van der Waals surface area contributed by atoms with Crippen LogP contribution >= 0.6 is 0 Å². The van der Waals surface area contributed by atoms with E-state index in [2.05, 4.69) is 18.9 Å². The molecule has 1 aliphatic heterocycles. The summed E-state index contributed by atoms with van der Waals surface area (Å²) < 4.78 is 0. The highest BCUT2D eigenvalue weighted by atomic mass is 16.2. The summed E-state index contributed by atoms with van der Waals surface area (Å²) >= 11 is 0. The number of carbonyl (C=O) groups is 2. The van der Waals surface area contributed by atoms with E-state index in [1.165, 1.54) is 29.9 Å². The summed E-state index contributed by atoms with van der Waals surface area (Å²) in [4.78, 5) is 26.2. The van der Waals surface area contributed by atoms with Crippen molar-refractivity contribution in [2.75, 3.05) is 13.6 Å². The largest absolute Gasteiger partial charge is 0.299 e. The lowest BCUT2D eigenvalue weighted by molar-refractivity contribution is -0.137. The van der Waals surface area contributed by atoms with Crippen LogP contribution in [0.1, 0.15) is 19.8 Å². The second-order valence-corrected chi connectivity index (χ2v) is 4.37. The second kappa shape index (κ2) is 3.77. The summed E-state index contributed by atoms with van der Waals surface area (Å²) in [6.45, 7) is 2.55. The van der Waals surface area contributed by atoms with Crippen molar-refractivity contribution >= 4 is 11.8 Å². The van der Waals surface area contributed by atoms with Gasteiger partial charge in [0.1, 0.15) is 0 Å². The molecule has 0 aromatic heterocycles. The van der Waals surface area contributed by atoms with Crippen LogP contribution in [0, 0.1) is 0 Å². The van der Waals surface area contributed by atoms with Crippen molar-refractivity contribution in [2.45, 2.75) is 31.8 Å². The zero-order valence-corrected chi connectivity index (χ0v) is 9.14. The van der Waals surface area contributed by atoms with Gasteiger partial charge >= 0.3 is 0 Å². The van der Waals surface area contributed by atoms with Crippen molar-refractivity contribution in [1.29, 1.82) is 0 Å². The Morgan fingerprint density at radius 1 is 1.40 bits per heavy atom. The maximum atomic E-state index is 11.3. The molecule has 0 spiro atoms.